The first-order chi connectivity index (χ1) is 15.8. The lowest BCUT2D eigenvalue weighted by Gasteiger charge is -2.26. The molecule has 4 rings (SSSR count). The van der Waals surface area contributed by atoms with E-state index >= 15 is 0 Å². The second-order valence-electron chi connectivity index (χ2n) is 8.76. The number of rotatable bonds is 7. The Morgan fingerprint density at radius 3 is 2.39 bits per heavy atom. The van der Waals surface area contributed by atoms with Crippen LogP contribution in [0.15, 0.2) is 71.6 Å². The van der Waals surface area contributed by atoms with Crippen LogP contribution in [0.3, 0.4) is 0 Å². The maximum absolute atomic E-state index is 13.5. The first kappa shape index (κ1) is 23.1. The van der Waals surface area contributed by atoms with Crippen molar-refractivity contribution in [1.29, 1.82) is 0 Å². The van der Waals surface area contributed by atoms with Gasteiger partial charge in [-0.05, 0) is 92.1 Å². The lowest BCUT2D eigenvalue weighted by molar-refractivity contribution is -0.120. The van der Waals surface area contributed by atoms with Gasteiger partial charge < -0.3 is 5.32 Å². The molecule has 0 heterocycles. The van der Waals surface area contributed by atoms with Gasteiger partial charge in [-0.15, -0.1) is 0 Å². The van der Waals surface area contributed by atoms with Crippen LogP contribution in [0.4, 0.5) is 5.69 Å². The summed E-state index contributed by atoms with van der Waals surface area (Å²) in [6.45, 7) is 5.54. The molecule has 0 saturated heterocycles. The minimum atomic E-state index is -3.91. The van der Waals surface area contributed by atoms with Crippen LogP contribution in [0.25, 0.3) is 0 Å². The number of amides is 1. The van der Waals surface area contributed by atoms with Gasteiger partial charge in [-0.2, -0.15) is 0 Å². The summed E-state index contributed by atoms with van der Waals surface area (Å²) < 4.78 is 28.2. The third kappa shape index (κ3) is 4.96. The summed E-state index contributed by atoms with van der Waals surface area (Å²) in [5.41, 5.74) is 6.26. The minimum absolute atomic E-state index is 0.155. The van der Waals surface area contributed by atoms with Gasteiger partial charge in [0.25, 0.3) is 10.0 Å². The van der Waals surface area contributed by atoms with Crippen LogP contribution in [0.2, 0.25) is 0 Å². The maximum atomic E-state index is 13.5. The van der Waals surface area contributed by atoms with Gasteiger partial charge in [0, 0.05) is 0 Å². The van der Waals surface area contributed by atoms with Crippen LogP contribution in [0.5, 0.6) is 0 Å². The third-order valence-electron chi connectivity index (χ3n) is 6.40. The standard InChI is InChI=1S/C27H30N2O3S/c1-19-12-15-25(16-20(19)2)29(33(31,32)26-10-5-4-6-11-26)18-27(30)28-21(3)23-14-13-22-8-7-9-24(22)17-23/h4-6,10-17,21H,7-9,18H2,1-3H3,(H,28,30). The van der Waals surface area contributed by atoms with Gasteiger partial charge in [-0.25, -0.2) is 8.42 Å². The van der Waals surface area contributed by atoms with Gasteiger partial charge >= 0.3 is 0 Å². The van der Waals surface area contributed by atoms with Crippen molar-refractivity contribution >= 4 is 21.6 Å². The van der Waals surface area contributed by atoms with E-state index in [0.29, 0.717) is 5.69 Å². The number of hydrogen-bond donors (Lipinski definition) is 1. The Morgan fingerprint density at radius 2 is 1.67 bits per heavy atom. The Balaban J connectivity index is 1.59. The highest BCUT2D eigenvalue weighted by atomic mass is 32.2. The predicted octanol–water partition coefficient (Wildman–Crippen LogP) is 4.86. The highest BCUT2D eigenvalue weighted by molar-refractivity contribution is 7.92. The predicted molar refractivity (Wildman–Crippen MR) is 132 cm³/mol. The average molecular weight is 463 g/mol. The molecule has 1 amide bonds. The zero-order chi connectivity index (χ0) is 23.6. The number of aryl methyl sites for hydroxylation is 4. The molecule has 0 fully saturated rings. The summed E-state index contributed by atoms with van der Waals surface area (Å²) in [7, 11) is -3.91. The molecule has 1 unspecified atom stereocenters. The van der Waals surface area contributed by atoms with Crippen LogP contribution in [-0.2, 0) is 27.7 Å². The molecule has 0 aromatic heterocycles. The Kier molecular flexibility index (Phi) is 6.56. The molecule has 33 heavy (non-hydrogen) atoms. The molecule has 0 aliphatic heterocycles. The Hall–Kier alpha value is -3.12. The van der Waals surface area contributed by atoms with E-state index in [4.69, 9.17) is 0 Å². The van der Waals surface area contributed by atoms with Crippen LogP contribution in [0.1, 0.15) is 47.2 Å². The summed E-state index contributed by atoms with van der Waals surface area (Å²) in [6.07, 6.45) is 3.35. The van der Waals surface area contributed by atoms with E-state index in [9.17, 15) is 13.2 Å². The normalized spacial score (nSPS) is 13.9. The minimum Gasteiger partial charge on any atom is -0.348 e. The molecule has 1 atom stereocenters. The van der Waals surface area contributed by atoms with E-state index < -0.39 is 10.0 Å². The van der Waals surface area contributed by atoms with Crippen molar-refractivity contribution in [3.8, 4) is 0 Å². The number of nitrogens with zero attached hydrogens (tertiary/aromatic N) is 1. The number of carbonyl (C=O) groups excluding carboxylic acids is 1. The zero-order valence-corrected chi connectivity index (χ0v) is 20.2. The summed E-state index contributed by atoms with van der Waals surface area (Å²) in [5, 5.41) is 2.99. The maximum Gasteiger partial charge on any atom is 0.264 e. The lowest BCUT2D eigenvalue weighted by atomic mass is 10.0. The fraction of sp³-hybridized carbons (Fsp3) is 0.296. The number of hydrogen-bond acceptors (Lipinski definition) is 3. The van der Waals surface area contributed by atoms with Crippen LogP contribution in [-0.4, -0.2) is 20.9 Å². The topological polar surface area (TPSA) is 66.5 Å². The molecule has 1 aliphatic rings. The fourth-order valence-corrected chi connectivity index (χ4v) is 5.71. The van der Waals surface area contributed by atoms with Gasteiger partial charge in [-0.1, -0.05) is 42.5 Å². The Labute approximate surface area is 196 Å². The molecule has 0 spiro atoms. The molecule has 1 aliphatic carbocycles. The molecule has 0 radical (unpaired) electrons. The molecule has 1 N–H and O–H groups in total. The first-order valence-corrected chi connectivity index (χ1v) is 12.8. The van der Waals surface area contributed by atoms with Gasteiger partial charge in [0.15, 0.2) is 0 Å². The highest BCUT2D eigenvalue weighted by Crippen LogP contribution is 2.27. The van der Waals surface area contributed by atoms with Crippen molar-refractivity contribution in [1.82, 2.24) is 5.32 Å². The molecule has 0 saturated carbocycles. The molecule has 3 aromatic carbocycles. The Bertz CT molecular complexity index is 1270. The van der Waals surface area contributed by atoms with E-state index in [-0.39, 0.29) is 23.4 Å². The number of anilines is 1. The monoisotopic (exact) mass is 462 g/mol. The molecule has 0 bridgehead atoms. The third-order valence-corrected chi connectivity index (χ3v) is 8.19. The van der Waals surface area contributed by atoms with E-state index in [1.807, 2.05) is 32.9 Å². The second kappa shape index (κ2) is 9.40. The average Bonchev–Trinajstić information content (AvgIpc) is 3.28. The van der Waals surface area contributed by atoms with Gasteiger partial charge in [0.05, 0.1) is 16.6 Å². The van der Waals surface area contributed by atoms with E-state index in [1.165, 1.54) is 21.9 Å². The van der Waals surface area contributed by atoms with Crippen molar-refractivity contribution in [3.05, 3.63) is 94.5 Å². The van der Waals surface area contributed by atoms with Crippen LogP contribution < -0.4 is 9.62 Å². The van der Waals surface area contributed by atoms with Crippen molar-refractivity contribution in [2.75, 3.05) is 10.8 Å². The SMILES string of the molecule is Cc1ccc(N(CC(=O)NC(C)c2ccc3c(c2)CCC3)S(=O)(=O)c2ccccc2)cc1C. The van der Waals surface area contributed by atoms with Crippen molar-refractivity contribution < 1.29 is 13.2 Å². The largest absolute Gasteiger partial charge is 0.348 e. The van der Waals surface area contributed by atoms with Crippen LogP contribution in [0, 0.1) is 13.8 Å². The highest BCUT2D eigenvalue weighted by Gasteiger charge is 2.28. The number of benzene rings is 3. The van der Waals surface area contributed by atoms with Crippen molar-refractivity contribution in [3.63, 3.8) is 0 Å². The summed E-state index contributed by atoms with van der Waals surface area (Å²) >= 11 is 0. The van der Waals surface area contributed by atoms with Crippen LogP contribution >= 0.6 is 0 Å². The fourth-order valence-electron chi connectivity index (χ4n) is 4.28. The smallest absolute Gasteiger partial charge is 0.264 e. The zero-order valence-electron chi connectivity index (χ0n) is 19.3. The van der Waals surface area contributed by atoms with Gasteiger partial charge in [0.2, 0.25) is 5.91 Å². The van der Waals surface area contributed by atoms with E-state index in [0.717, 1.165) is 29.5 Å². The first-order valence-electron chi connectivity index (χ1n) is 11.3. The number of sulfonamides is 1. The summed E-state index contributed by atoms with van der Waals surface area (Å²) in [4.78, 5) is 13.2. The number of fused-ring (bicyclic) bond motifs is 1. The van der Waals surface area contributed by atoms with E-state index in [2.05, 4.69) is 23.5 Å². The molecule has 5 nitrogen and oxygen atoms in total. The Morgan fingerprint density at radius 1 is 0.939 bits per heavy atom. The molecular weight excluding hydrogens is 432 g/mol. The molecule has 6 heteroatoms. The van der Waals surface area contributed by atoms with E-state index in [1.54, 1.807) is 36.4 Å². The molecule has 172 valence electrons. The number of carbonyl (C=O) groups is 1. The van der Waals surface area contributed by atoms with Crippen molar-refractivity contribution in [2.45, 2.75) is 51.0 Å². The van der Waals surface area contributed by atoms with Gasteiger partial charge in [0.1, 0.15) is 6.54 Å². The van der Waals surface area contributed by atoms with Gasteiger partial charge in [-0.3, -0.25) is 9.10 Å². The number of nitrogens with one attached hydrogen (secondary N) is 1. The summed E-state index contributed by atoms with van der Waals surface area (Å²) in [5.74, 6) is -0.347. The molecular formula is C27H30N2O3S. The second-order valence-corrected chi connectivity index (χ2v) is 10.6. The van der Waals surface area contributed by atoms with Crippen molar-refractivity contribution in [2.24, 2.45) is 0 Å². The summed E-state index contributed by atoms with van der Waals surface area (Å²) in [6, 6.07) is 19.8. The molecule has 3 aromatic rings. The quantitative estimate of drug-likeness (QED) is 0.545. The lowest BCUT2D eigenvalue weighted by Crippen LogP contribution is -2.41.